The number of anilines is 1. The Morgan fingerprint density at radius 1 is 0.506 bits per heavy atom. The fourth-order valence-electron chi connectivity index (χ4n) is 11.8. The van der Waals surface area contributed by atoms with Gasteiger partial charge in [0.2, 0.25) is 5.91 Å². The maximum atomic E-state index is 14.4. The molecule has 10 nitrogen and oxygen atoms in total. The second-order valence-electron chi connectivity index (χ2n) is 22.3. The summed E-state index contributed by atoms with van der Waals surface area (Å²) in [5.41, 5.74) is 8.46. The van der Waals surface area contributed by atoms with Crippen LogP contribution in [0.25, 0.3) is 67.4 Å². The van der Waals surface area contributed by atoms with Crippen molar-refractivity contribution in [2.45, 2.75) is 111 Å². The van der Waals surface area contributed by atoms with Gasteiger partial charge in [0.25, 0.3) is 23.6 Å². The van der Waals surface area contributed by atoms with Crippen molar-refractivity contribution in [3.63, 3.8) is 0 Å². The number of hydrogen-bond donors (Lipinski definition) is 2. The van der Waals surface area contributed by atoms with E-state index in [9.17, 15) is 29.1 Å². The van der Waals surface area contributed by atoms with Gasteiger partial charge in [-0.2, -0.15) is 0 Å². The molecule has 0 spiro atoms. The molecule has 0 aliphatic carbocycles. The summed E-state index contributed by atoms with van der Waals surface area (Å²) in [4.78, 5) is 74.9. The van der Waals surface area contributed by atoms with Gasteiger partial charge in [0.05, 0.1) is 5.69 Å². The van der Waals surface area contributed by atoms with Gasteiger partial charge in [0.15, 0.2) is 0 Å². The second-order valence-corrected chi connectivity index (χ2v) is 22.3. The maximum absolute atomic E-state index is 14.4. The molecule has 9 aromatic rings. The molecule has 10 heteroatoms. The van der Waals surface area contributed by atoms with E-state index < -0.39 is 0 Å². The lowest BCUT2D eigenvalue weighted by atomic mass is 9.82. The predicted molar refractivity (Wildman–Crippen MR) is 339 cm³/mol. The van der Waals surface area contributed by atoms with Gasteiger partial charge in [-0.25, -0.2) is 4.90 Å². The molecule has 1 unspecified atom stereocenters. The molecular formula is C73H72N4O6. The van der Waals surface area contributed by atoms with Crippen LogP contribution in [0.5, 0.6) is 5.75 Å². The van der Waals surface area contributed by atoms with Gasteiger partial charge in [-0.05, 0) is 134 Å². The number of phenolic OH excluding ortho intramolecular Hbond substituents is 1. The number of fused-ring (bicyclic) bond motifs is 2. The largest absolute Gasteiger partial charge is 0.508 e. The Bertz CT molecular complexity index is 3800. The number of rotatable bonds is 23. The van der Waals surface area contributed by atoms with Crippen LogP contribution in [0.4, 0.5) is 5.69 Å². The Labute approximate surface area is 486 Å². The molecular weight excluding hydrogens is 1030 g/mol. The Kier molecular flexibility index (Phi) is 18.1. The van der Waals surface area contributed by atoms with Gasteiger partial charge >= 0.3 is 0 Å². The maximum Gasteiger partial charge on any atom is 0.265 e. The smallest absolute Gasteiger partial charge is 0.265 e. The summed E-state index contributed by atoms with van der Waals surface area (Å²) in [6, 6.07) is 42.1. The topological polar surface area (TPSA) is 137 Å². The van der Waals surface area contributed by atoms with Gasteiger partial charge in [-0.3, -0.25) is 33.9 Å². The van der Waals surface area contributed by atoms with E-state index in [1.54, 1.807) is 55.7 Å². The molecule has 0 saturated carbocycles. The van der Waals surface area contributed by atoms with E-state index in [2.05, 4.69) is 67.1 Å². The van der Waals surface area contributed by atoms with Crippen LogP contribution in [0.2, 0.25) is 0 Å². The number of hydrogen-bond acceptors (Lipinski definition) is 7. The third-order valence-corrected chi connectivity index (χ3v) is 16.3. The van der Waals surface area contributed by atoms with Gasteiger partial charge in [0, 0.05) is 64.1 Å². The lowest BCUT2D eigenvalue weighted by Crippen LogP contribution is -2.43. The van der Waals surface area contributed by atoms with Crippen LogP contribution in [0.3, 0.4) is 0 Å². The Hall–Kier alpha value is -9.02. The molecule has 2 N–H and O–H groups in total. The van der Waals surface area contributed by atoms with E-state index in [0.717, 1.165) is 85.8 Å². The average molecular weight is 1100 g/mol. The molecule has 0 saturated heterocycles. The minimum absolute atomic E-state index is 0.125. The summed E-state index contributed by atoms with van der Waals surface area (Å²) in [6.07, 6.45) is 26.8. The van der Waals surface area contributed by atoms with Crippen molar-refractivity contribution in [3.8, 4) is 5.75 Å². The highest BCUT2D eigenvalue weighted by Crippen LogP contribution is 2.47. The van der Waals surface area contributed by atoms with Crippen LogP contribution in [0.15, 0.2) is 158 Å². The predicted octanol–water partition coefficient (Wildman–Crippen LogP) is 17.2. The molecule has 2 aliphatic rings. The molecule has 2 aliphatic heterocycles. The first-order valence-corrected chi connectivity index (χ1v) is 29.6. The lowest BCUT2D eigenvalue weighted by Gasteiger charge is -2.32. The highest BCUT2D eigenvalue weighted by atomic mass is 16.3. The first-order valence-electron chi connectivity index (χ1n) is 29.6. The number of amides is 5. The molecule has 5 amide bonds. The van der Waals surface area contributed by atoms with Crippen LogP contribution in [-0.2, 0) is 11.3 Å². The number of nitrogens with zero attached hydrogens (tertiary/aromatic N) is 3. The molecule has 8 aromatic carbocycles. The van der Waals surface area contributed by atoms with Gasteiger partial charge in [-0.15, -0.1) is 0 Å². The number of phenols is 1. The molecule has 1 atom stereocenters. The van der Waals surface area contributed by atoms with Crippen molar-refractivity contribution in [2.24, 2.45) is 5.92 Å². The van der Waals surface area contributed by atoms with Crippen molar-refractivity contribution in [1.82, 2.24) is 15.2 Å². The Morgan fingerprint density at radius 2 is 0.892 bits per heavy atom. The van der Waals surface area contributed by atoms with Crippen molar-refractivity contribution < 1.29 is 29.1 Å². The molecule has 11 rings (SSSR count). The first-order chi connectivity index (χ1) is 40.4. The number of benzene rings is 8. The zero-order valence-electron chi connectivity index (χ0n) is 47.9. The fourth-order valence-corrected chi connectivity index (χ4v) is 11.8. The minimum atomic E-state index is -0.375. The van der Waals surface area contributed by atoms with Crippen LogP contribution < -0.4 is 10.2 Å². The Balaban J connectivity index is 0.000000218. The van der Waals surface area contributed by atoms with E-state index >= 15 is 0 Å². The number of carbonyl (C=O) groups excluding carboxylic acids is 5. The third kappa shape index (κ3) is 12.6. The van der Waals surface area contributed by atoms with Gasteiger partial charge in [0.1, 0.15) is 5.75 Å². The van der Waals surface area contributed by atoms with Crippen LogP contribution in [0.1, 0.15) is 173 Å². The third-order valence-electron chi connectivity index (χ3n) is 16.3. The van der Waals surface area contributed by atoms with E-state index in [-0.39, 0.29) is 41.2 Å². The quantitative estimate of drug-likeness (QED) is 0.0162. The summed E-state index contributed by atoms with van der Waals surface area (Å²) < 4.78 is 0. The zero-order chi connectivity index (χ0) is 58.0. The van der Waals surface area contributed by atoms with Crippen LogP contribution >= 0.6 is 0 Å². The molecule has 83 heavy (non-hydrogen) atoms. The summed E-state index contributed by atoms with van der Waals surface area (Å²) in [6.45, 7) is 10.7. The normalized spacial score (nSPS) is 13.5. The summed E-state index contributed by atoms with van der Waals surface area (Å²) in [5, 5.41) is 18.8. The second kappa shape index (κ2) is 26.3. The number of imide groups is 2. The molecule has 0 bridgehead atoms. The minimum Gasteiger partial charge on any atom is -0.508 e. The van der Waals surface area contributed by atoms with E-state index in [1.165, 1.54) is 67.6 Å². The van der Waals surface area contributed by atoms with Crippen molar-refractivity contribution in [2.75, 3.05) is 11.4 Å². The standard InChI is InChI=1S/C46H47N3O4.C27H25NO2/c1-3-5-7-9-11-13-15-29(14-12-10-8-6-4-2)28-48-43(50)35-20-16-31-33-18-22-37-42-38(46(53)49(45(37)52)30-24-26-47-27-25-30)23-19-34(40(33)42)32-17-21-36(44(48)51)41(35)39(31)32;1-20(2)27(30)28-19-25-13-11-23(12-14-25)8-7-21-3-5-22(6-4-21)9-10-24-15-17-26(29)18-16-24/h16-27,29H,3-15,28H2,1-2H3;3-18,29H,1,19H2,2H3,(H,28,30)/b;8-7+,10-9+. The number of aromatic nitrogens is 1. The molecule has 420 valence electrons. The highest BCUT2D eigenvalue weighted by molar-refractivity contribution is 6.43. The van der Waals surface area contributed by atoms with Crippen LogP contribution in [-0.4, -0.2) is 51.1 Å². The first kappa shape index (κ1) is 57.2. The number of carbonyl (C=O) groups is 5. The molecule has 0 radical (unpaired) electrons. The van der Waals surface area contributed by atoms with Crippen LogP contribution in [0, 0.1) is 5.92 Å². The van der Waals surface area contributed by atoms with Crippen molar-refractivity contribution in [3.05, 3.63) is 208 Å². The number of nitrogens with one attached hydrogen (secondary N) is 1. The summed E-state index contributed by atoms with van der Waals surface area (Å²) >= 11 is 0. The fraction of sp³-hybridized carbons (Fsp3) is 0.260. The summed E-state index contributed by atoms with van der Waals surface area (Å²) in [7, 11) is 0. The Morgan fingerprint density at radius 3 is 1.31 bits per heavy atom. The monoisotopic (exact) mass is 1100 g/mol. The van der Waals surface area contributed by atoms with E-state index in [1.807, 2.05) is 84.9 Å². The van der Waals surface area contributed by atoms with Gasteiger partial charge < -0.3 is 10.4 Å². The number of pyridine rings is 1. The SMILES string of the molecule is C=C(C)C(=O)NCc1ccc(/C=C/c2ccc(/C=C/c3ccc(O)cc3)cc2)cc1.CCCCCCCCC(CCCCCCC)CN1C(=O)c2ccc3c4ccc5c6c(ccc(c7ccc(c2c37)C1=O)c64)C(=O)N(c1ccncc1)C5=O. The van der Waals surface area contributed by atoms with E-state index in [0.29, 0.717) is 57.4 Å². The number of unbranched alkanes of at least 4 members (excludes halogenated alkanes) is 9. The molecule has 0 fully saturated rings. The van der Waals surface area contributed by atoms with Gasteiger partial charge in [-0.1, -0.05) is 200 Å². The molecule has 1 aromatic heterocycles. The lowest BCUT2D eigenvalue weighted by molar-refractivity contribution is -0.117. The average Bonchev–Trinajstić information content (AvgIpc) is 3.09. The number of aromatic hydroxyl groups is 1. The highest BCUT2D eigenvalue weighted by Gasteiger charge is 2.38. The zero-order valence-corrected chi connectivity index (χ0v) is 47.9. The molecule has 3 heterocycles. The van der Waals surface area contributed by atoms with Crippen molar-refractivity contribution in [1.29, 1.82) is 0 Å². The van der Waals surface area contributed by atoms with Crippen molar-refractivity contribution >= 4 is 103 Å². The summed E-state index contributed by atoms with van der Waals surface area (Å²) in [5.74, 6) is -0.743. The van der Waals surface area contributed by atoms with E-state index in [4.69, 9.17) is 0 Å².